The number of rotatable bonds is 5. The highest BCUT2D eigenvalue weighted by Crippen LogP contribution is 2.44. The number of para-hydroxylation sites is 2. The minimum absolute atomic E-state index is 0.0173. The first-order valence-corrected chi connectivity index (χ1v) is 19.7. The Morgan fingerprint density at radius 3 is 2.25 bits per heavy atom. The summed E-state index contributed by atoms with van der Waals surface area (Å²) in [4.78, 5) is 4.96. The van der Waals surface area contributed by atoms with Gasteiger partial charge in [-0.2, -0.15) is 9.13 Å². The van der Waals surface area contributed by atoms with Gasteiger partial charge in [-0.1, -0.05) is 80.9 Å². The van der Waals surface area contributed by atoms with Gasteiger partial charge in [0.15, 0.2) is 11.0 Å². The predicted molar refractivity (Wildman–Crippen MR) is 229 cm³/mol. The Morgan fingerprint density at radius 2 is 1.42 bits per heavy atom. The maximum absolute atomic E-state index is 6.75. The molecule has 10 aromatic rings. The quantitative estimate of drug-likeness (QED) is 0.165. The molecule has 6 aromatic carbocycles. The van der Waals surface area contributed by atoms with Crippen LogP contribution in [0.25, 0.3) is 70.2 Å². The maximum Gasteiger partial charge on any atom is 0.255 e. The van der Waals surface area contributed by atoms with Gasteiger partial charge in [0.05, 0.1) is 11.0 Å². The van der Waals surface area contributed by atoms with Crippen LogP contribution in [-0.2, 0) is 5.41 Å². The molecule has 55 heavy (non-hydrogen) atoms. The Bertz CT molecular complexity index is 3130. The zero-order chi connectivity index (χ0) is 37.6. The molecule has 268 valence electrons. The van der Waals surface area contributed by atoms with E-state index in [0.717, 1.165) is 45.1 Å². The lowest BCUT2D eigenvalue weighted by Crippen LogP contribution is -2.31. The molecule has 0 aliphatic carbocycles. The lowest BCUT2D eigenvalue weighted by atomic mass is 9.88. The van der Waals surface area contributed by atoms with Crippen molar-refractivity contribution in [3.8, 4) is 28.7 Å². The molecule has 0 aliphatic heterocycles. The second kappa shape index (κ2) is 12.4. The SMILES string of the molecule is Cc1cc(C)c(-[n+]2cn(-c3cccc(Oc4ccc5c6c7sc8ccccc8c7ccc6n(-c6cc(C(C)(C)C)ccn6)c5c4)c3)c3ccccc32)c(C)c1. The summed E-state index contributed by atoms with van der Waals surface area (Å²) in [5.41, 5.74) is 11.7. The Morgan fingerprint density at radius 1 is 0.655 bits per heavy atom. The van der Waals surface area contributed by atoms with E-state index in [0.29, 0.717) is 0 Å². The molecule has 0 N–H and O–H groups in total. The van der Waals surface area contributed by atoms with Crippen LogP contribution >= 0.6 is 11.3 Å². The second-order valence-corrected chi connectivity index (χ2v) is 16.8. The largest absolute Gasteiger partial charge is 0.457 e. The van der Waals surface area contributed by atoms with Gasteiger partial charge in [0.2, 0.25) is 0 Å². The minimum Gasteiger partial charge on any atom is -0.457 e. The normalized spacial score (nSPS) is 12.2. The smallest absolute Gasteiger partial charge is 0.255 e. The van der Waals surface area contributed by atoms with Gasteiger partial charge in [-0.05, 0) is 104 Å². The highest BCUT2D eigenvalue weighted by Gasteiger charge is 2.23. The second-order valence-electron chi connectivity index (χ2n) is 15.8. The fourth-order valence-electron chi connectivity index (χ4n) is 8.46. The number of nitrogens with zero attached hydrogens (tertiary/aromatic N) is 4. The molecule has 0 aliphatic rings. The number of pyridine rings is 1. The van der Waals surface area contributed by atoms with Gasteiger partial charge in [-0.3, -0.25) is 4.57 Å². The molecule has 0 amide bonds. The Hall–Kier alpha value is -6.24. The van der Waals surface area contributed by atoms with E-state index < -0.39 is 0 Å². The molecule has 5 nitrogen and oxygen atoms in total. The van der Waals surface area contributed by atoms with Crippen molar-refractivity contribution in [3.05, 3.63) is 162 Å². The van der Waals surface area contributed by atoms with Crippen molar-refractivity contribution < 1.29 is 9.30 Å². The van der Waals surface area contributed by atoms with Crippen molar-refractivity contribution in [2.24, 2.45) is 0 Å². The van der Waals surface area contributed by atoms with E-state index in [2.05, 4.69) is 183 Å². The first-order chi connectivity index (χ1) is 26.6. The Labute approximate surface area is 324 Å². The number of hydrogen-bond acceptors (Lipinski definition) is 3. The van der Waals surface area contributed by atoms with Gasteiger partial charge >= 0.3 is 0 Å². The number of fused-ring (bicyclic) bond motifs is 8. The number of hydrogen-bond donors (Lipinski definition) is 0. The lowest BCUT2D eigenvalue weighted by molar-refractivity contribution is -0.568. The number of ether oxygens (including phenoxy) is 1. The van der Waals surface area contributed by atoms with Crippen LogP contribution in [0.4, 0.5) is 0 Å². The van der Waals surface area contributed by atoms with Crippen LogP contribution in [0.15, 0.2) is 140 Å². The fourth-order valence-corrected chi connectivity index (χ4v) is 9.72. The van der Waals surface area contributed by atoms with Crippen LogP contribution < -0.4 is 9.30 Å². The Balaban J connectivity index is 1.12. The van der Waals surface area contributed by atoms with Crippen molar-refractivity contribution in [3.63, 3.8) is 0 Å². The molecule has 4 aromatic heterocycles. The molecular formula is C49H41N4OS+. The third-order valence-electron chi connectivity index (χ3n) is 10.9. The molecule has 0 saturated carbocycles. The van der Waals surface area contributed by atoms with Crippen LogP contribution in [0.5, 0.6) is 11.5 Å². The number of aryl methyl sites for hydroxylation is 3. The molecule has 0 unspecified atom stereocenters. The zero-order valence-electron chi connectivity index (χ0n) is 31.9. The molecular weight excluding hydrogens is 693 g/mol. The molecule has 0 bridgehead atoms. The standard InChI is InChI=1S/C49H41N4OS/c1-30-24-31(2)47(32(3)25-30)52-29-51(40-15-8-9-16-41(40)52)34-12-11-13-35(27-34)54-36-18-19-39-43(28-36)53(45-26-33(22-23-50-45)49(4,5)6)42-21-20-38-37-14-7-10-17-44(37)55-48(38)46(39)42/h7-29H,1-6H3/q+1. The van der Waals surface area contributed by atoms with Gasteiger partial charge < -0.3 is 4.74 Å². The van der Waals surface area contributed by atoms with Gasteiger partial charge in [0.25, 0.3) is 6.33 Å². The van der Waals surface area contributed by atoms with E-state index in [1.54, 1.807) is 0 Å². The third kappa shape index (κ3) is 5.43. The topological polar surface area (TPSA) is 35.9 Å². The zero-order valence-corrected chi connectivity index (χ0v) is 32.7. The van der Waals surface area contributed by atoms with Crippen LogP contribution in [-0.4, -0.2) is 14.1 Å². The number of benzene rings is 6. The molecule has 0 spiro atoms. The monoisotopic (exact) mass is 733 g/mol. The molecule has 0 fully saturated rings. The lowest BCUT2D eigenvalue weighted by Gasteiger charge is -2.20. The summed E-state index contributed by atoms with van der Waals surface area (Å²) in [5.74, 6) is 2.44. The summed E-state index contributed by atoms with van der Waals surface area (Å²) in [5, 5.41) is 5.01. The van der Waals surface area contributed by atoms with Gasteiger partial charge in [-0.25, -0.2) is 4.98 Å². The first kappa shape index (κ1) is 33.3. The number of aromatic nitrogens is 4. The summed E-state index contributed by atoms with van der Waals surface area (Å²) in [6, 6.07) is 45.6. The van der Waals surface area contributed by atoms with E-state index in [1.807, 2.05) is 23.6 Å². The van der Waals surface area contributed by atoms with Crippen molar-refractivity contribution in [1.29, 1.82) is 0 Å². The average molecular weight is 734 g/mol. The van der Waals surface area contributed by atoms with E-state index in [1.165, 1.54) is 58.9 Å². The summed E-state index contributed by atoms with van der Waals surface area (Å²) >= 11 is 1.86. The average Bonchev–Trinajstić information content (AvgIpc) is 3.84. The molecule has 0 saturated heterocycles. The first-order valence-electron chi connectivity index (χ1n) is 18.9. The predicted octanol–water partition coefficient (Wildman–Crippen LogP) is 12.8. The van der Waals surface area contributed by atoms with Crippen LogP contribution in [0, 0.1) is 20.8 Å². The summed E-state index contributed by atoms with van der Waals surface area (Å²) in [6.45, 7) is 13.3. The van der Waals surface area contributed by atoms with Crippen molar-refractivity contribution in [2.75, 3.05) is 0 Å². The molecule has 4 heterocycles. The summed E-state index contributed by atoms with van der Waals surface area (Å²) in [7, 11) is 0. The van der Waals surface area contributed by atoms with Gasteiger partial charge in [-0.15, -0.1) is 11.3 Å². The van der Waals surface area contributed by atoms with E-state index in [9.17, 15) is 0 Å². The van der Waals surface area contributed by atoms with Crippen LogP contribution in [0.2, 0.25) is 0 Å². The van der Waals surface area contributed by atoms with Gasteiger partial charge in [0, 0.05) is 49.3 Å². The number of thiophene rings is 1. The fraction of sp³-hybridized carbons (Fsp3) is 0.143. The molecule has 0 radical (unpaired) electrons. The molecule has 10 rings (SSSR count). The van der Waals surface area contributed by atoms with E-state index in [-0.39, 0.29) is 5.41 Å². The maximum atomic E-state index is 6.75. The summed E-state index contributed by atoms with van der Waals surface area (Å²) in [6.07, 6.45) is 4.14. The van der Waals surface area contributed by atoms with Crippen LogP contribution in [0.3, 0.4) is 0 Å². The van der Waals surface area contributed by atoms with E-state index >= 15 is 0 Å². The van der Waals surface area contributed by atoms with Crippen LogP contribution in [0.1, 0.15) is 43.0 Å². The Kier molecular flexibility index (Phi) is 7.52. The van der Waals surface area contributed by atoms with Crippen molar-refractivity contribution >= 4 is 64.3 Å². The highest BCUT2D eigenvalue weighted by atomic mass is 32.1. The van der Waals surface area contributed by atoms with Gasteiger partial charge in [0.1, 0.15) is 28.7 Å². The highest BCUT2D eigenvalue weighted by molar-refractivity contribution is 7.26. The van der Waals surface area contributed by atoms with Crippen molar-refractivity contribution in [1.82, 2.24) is 14.1 Å². The minimum atomic E-state index is -0.0173. The molecule has 0 atom stereocenters. The molecule has 6 heteroatoms. The third-order valence-corrected chi connectivity index (χ3v) is 12.1. The summed E-state index contributed by atoms with van der Waals surface area (Å²) < 4.78 is 16.2. The van der Waals surface area contributed by atoms with Crippen molar-refractivity contribution in [2.45, 2.75) is 47.0 Å². The number of imidazole rings is 1. The van der Waals surface area contributed by atoms with E-state index in [4.69, 9.17) is 9.72 Å².